The fourth-order valence-electron chi connectivity index (χ4n) is 3.08. The van der Waals surface area contributed by atoms with E-state index in [-0.39, 0.29) is 11.2 Å². The van der Waals surface area contributed by atoms with Gasteiger partial charge in [0.1, 0.15) is 17.3 Å². The number of methoxy groups -OCH3 is 1. The molecule has 1 aromatic heterocycles. The number of ether oxygens (including phenoxy) is 2. The normalized spacial score (nSPS) is 11.0. The molecule has 2 aromatic carbocycles. The second-order valence-corrected chi connectivity index (χ2v) is 7.04. The standard InChI is InChI=1S/C20H19IO5/c1-5-25-16-8-13(12-6-14(21)20(23)17(9-12)24-4)7-15(22)18-10(2)26-11(3)19(16)18/h6-9,23H,5H2,1-4H3. The smallest absolute Gasteiger partial charge is 0.190 e. The lowest BCUT2D eigenvalue weighted by molar-refractivity contribution is 0.344. The van der Waals surface area contributed by atoms with Gasteiger partial charge in [-0.1, -0.05) is 0 Å². The number of hydrogen-bond acceptors (Lipinski definition) is 5. The van der Waals surface area contributed by atoms with Crippen LogP contribution in [0.1, 0.15) is 18.4 Å². The van der Waals surface area contributed by atoms with E-state index in [9.17, 15) is 9.90 Å². The fraction of sp³-hybridized carbons (Fsp3) is 0.250. The van der Waals surface area contributed by atoms with Gasteiger partial charge in [0.25, 0.3) is 0 Å². The van der Waals surface area contributed by atoms with Crippen LogP contribution in [-0.2, 0) is 0 Å². The average molecular weight is 466 g/mol. The summed E-state index contributed by atoms with van der Waals surface area (Å²) in [6, 6.07) is 6.90. The zero-order valence-electron chi connectivity index (χ0n) is 15.0. The summed E-state index contributed by atoms with van der Waals surface area (Å²) < 4.78 is 17.4. The zero-order valence-corrected chi connectivity index (χ0v) is 17.1. The maximum Gasteiger partial charge on any atom is 0.190 e. The van der Waals surface area contributed by atoms with Gasteiger partial charge >= 0.3 is 0 Å². The van der Waals surface area contributed by atoms with Crippen LogP contribution in [0, 0.1) is 17.4 Å². The predicted molar refractivity (Wildman–Crippen MR) is 109 cm³/mol. The van der Waals surface area contributed by atoms with Crippen LogP contribution in [0.3, 0.4) is 0 Å². The summed E-state index contributed by atoms with van der Waals surface area (Å²) in [7, 11) is 1.49. The number of fused-ring (bicyclic) bond motifs is 1. The third-order valence-electron chi connectivity index (χ3n) is 4.21. The van der Waals surface area contributed by atoms with E-state index in [1.807, 2.05) is 42.5 Å². The van der Waals surface area contributed by atoms with E-state index in [1.54, 1.807) is 25.1 Å². The van der Waals surface area contributed by atoms with E-state index in [1.165, 1.54) is 7.11 Å². The first kappa shape index (κ1) is 18.6. The Labute approximate surface area is 164 Å². The summed E-state index contributed by atoms with van der Waals surface area (Å²) in [6.07, 6.45) is 0. The van der Waals surface area contributed by atoms with Crippen molar-refractivity contribution in [3.8, 4) is 28.4 Å². The minimum atomic E-state index is -0.141. The van der Waals surface area contributed by atoms with E-state index in [2.05, 4.69) is 0 Å². The molecule has 0 bridgehead atoms. The van der Waals surface area contributed by atoms with Gasteiger partial charge in [-0.05, 0) is 78.8 Å². The van der Waals surface area contributed by atoms with Crippen LogP contribution < -0.4 is 14.9 Å². The van der Waals surface area contributed by atoms with Crippen LogP contribution in [0.5, 0.6) is 17.2 Å². The Balaban J connectivity index is 2.39. The van der Waals surface area contributed by atoms with Gasteiger partial charge in [-0.15, -0.1) is 0 Å². The molecule has 0 aliphatic carbocycles. The molecule has 0 saturated heterocycles. The molecule has 1 heterocycles. The van der Waals surface area contributed by atoms with E-state index in [0.717, 1.165) is 5.56 Å². The SMILES string of the molecule is CCOc1cc(-c2cc(I)c(O)c(OC)c2)cc(=O)c2c(C)oc(C)c12. The summed E-state index contributed by atoms with van der Waals surface area (Å²) in [5.41, 5.74) is 1.30. The summed E-state index contributed by atoms with van der Waals surface area (Å²) in [4.78, 5) is 12.9. The summed E-state index contributed by atoms with van der Waals surface area (Å²) in [5.74, 6) is 2.25. The largest absolute Gasteiger partial charge is 0.504 e. The van der Waals surface area contributed by atoms with E-state index in [4.69, 9.17) is 13.9 Å². The third kappa shape index (κ3) is 3.13. The number of phenolic OH excluding ortho intramolecular Hbond substituents is 1. The second kappa shape index (κ2) is 7.19. The van der Waals surface area contributed by atoms with E-state index in [0.29, 0.717) is 49.5 Å². The van der Waals surface area contributed by atoms with Gasteiger partial charge in [0.2, 0.25) is 0 Å². The Bertz CT molecular complexity index is 1050. The molecular weight excluding hydrogens is 447 g/mol. The van der Waals surface area contributed by atoms with Gasteiger partial charge in [0.05, 0.1) is 28.1 Å². The van der Waals surface area contributed by atoms with E-state index < -0.39 is 0 Å². The first-order valence-corrected chi connectivity index (χ1v) is 9.23. The highest BCUT2D eigenvalue weighted by Crippen LogP contribution is 2.38. The molecule has 0 spiro atoms. The number of phenols is 1. The topological polar surface area (TPSA) is 68.9 Å². The molecule has 0 aliphatic rings. The van der Waals surface area contributed by atoms with Crippen molar-refractivity contribution in [1.29, 1.82) is 0 Å². The van der Waals surface area contributed by atoms with Gasteiger partial charge in [0.15, 0.2) is 16.9 Å². The molecule has 136 valence electrons. The second-order valence-electron chi connectivity index (χ2n) is 5.88. The minimum absolute atomic E-state index is 0.0776. The lowest BCUT2D eigenvalue weighted by atomic mass is 10.1. The Morgan fingerprint density at radius 2 is 1.65 bits per heavy atom. The van der Waals surface area contributed by atoms with Crippen molar-refractivity contribution in [2.24, 2.45) is 0 Å². The van der Waals surface area contributed by atoms with Crippen LogP contribution in [0.4, 0.5) is 0 Å². The summed E-state index contributed by atoms with van der Waals surface area (Å²) in [5, 5.41) is 11.3. The van der Waals surface area contributed by atoms with E-state index >= 15 is 0 Å². The molecule has 0 amide bonds. The molecular formula is C20H19IO5. The molecule has 0 saturated carbocycles. The van der Waals surface area contributed by atoms with Crippen molar-refractivity contribution < 1.29 is 19.0 Å². The maximum absolute atomic E-state index is 12.9. The van der Waals surface area contributed by atoms with Gasteiger partial charge in [-0.3, -0.25) is 4.79 Å². The molecule has 0 unspecified atom stereocenters. The lowest BCUT2D eigenvalue weighted by Gasteiger charge is -2.09. The number of aromatic hydroxyl groups is 1. The summed E-state index contributed by atoms with van der Waals surface area (Å²) >= 11 is 2.03. The average Bonchev–Trinajstić information content (AvgIpc) is 2.80. The molecule has 3 rings (SSSR count). The predicted octanol–water partition coefficient (Wildman–Crippen LogP) is 4.79. The zero-order chi connectivity index (χ0) is 19.0. The first-order chi connectivity index (χ1) is 12.4. The van der Waals surface area contributed by atoms with Gasteiger partial charge in [-0.2, -0.15) is 0 Å². The number of rotatable bonds is 4. The Morgan fingerprint density at radius 1 is 1.04 bits per heavy atom. The van der Waals surface area contributed by atoms with Gasteiger partial charge in [0, 0.05) is 0 Å². The minimum Gasteiger partial charge on any atom is -0.504 e. The molecule has 0 aliphatic heterocycles. The summed E-state index contributed by atoms with van der Waals surface area (Å²) in [6.45, 7) is 5.96. The van der Waals surface area contributed by atoms with Gasteiger partial charge in [-0.25, -0.2) is 0 Å². The van der Waals surface area contributed by atoms with Crippen LogP contribution in [-0.4, -0.2) is 18.8 Å². The third-order valence-corrected chi connectivity index (χ3v) is 5.03. The van der Waals surface area contributed by atoms with Gasteiger partial charge < -0.3 is 19.0 Å². The molecule has 26 heavy (non-hydrogen) atoms. The van der Waals surface area contributed by atoms with Crippen LogP contribution in [0.25, 0.3) is 21.9 Å². The highest BCUT2D eigenvalue weighted by atomic mass is 127. The Kier molecular flexibility index (Phi) is 5.13. The number of aryl methyl sites for hydroxylation is 2. The molecule has 1 N–H and O–H groups in total. The molecule has 5 nitrogen and oxygen atoms in total. The highest BCUT2D eigenvalue weighted by molar-refractivity contribution is 14.1. The lowest BCUT2D eigenvalue weighted by Crippen LogP contribution is -1.96. The first-order valence-electron chi connectivity index (χ1n) is 8.15. The van der Waals surface area contributed by atoms with Crippen molar-refractivity contribution in [3.63, 3.8) is 0 Å². The Morgan fingerprint density at radius 3 is 2.31 bits per heavy atom. The van der Waals surface area contributed by atoms with Crippen molar-refractivity contribution in [2.45, 2.75) is 20.8 Å². The Hall–Kier alpha value is -2.22. The van der Waals surface area contributed by atoms with Crippen LogP contribution >= 0.6 is 22.6 Å². The molecule has 6 heteroatoms. The maximum atomic E-state index is 12.9. The van der Waals surface area contributed by atoms with Crippen molar-refractivity contribution in [3.05, 3.63) is 49.6 Å². The quantitative estimate of drug-likeness (QED) is 0.560. The van der Waals surface area contributed by atoms with Crippen molar-refractivity contribution in [1.82, 2.24) is 0 Å². The van der Waals surface area contributed by atoms with Crippen molar-refractivity contribution >= 4 is 33.4 Å². The molecule has 0 fully saturated rings. The molecule has 0 radical (unpaired) electrons. The fourth-order valence-corrected chi connectivity index (χ4v) is 3.68. The molecule has 3 aromatic rings. The van der Waals surface area contributed by atoms with Crippen LogP contribution in [0.2, 0.25) is 0 Å². The molecule has 0 atom stereocenters. The van der Waals surface area contributed by atoms with Crippen molar-refractivity contribution in [2.75, 3.05) is 13.7 Å². The number of benzene rings is 1. The number of furan rings is 1. The number of halogens is 1. The highest BCUT2D eigenvalue weighted by Gasteiger charge is 2.17. The monoisotopic (exact) mass is 466 g/mol. The van der Waals surface area contributed by atoms with Crippen LogP contribution in [0.15, 0.2) is 33.5 Å². The number of hydrogen-bond donors (Lipinski definition) is 1.